The Balaban J connectivity index is 0.000000221. The highest BCUT2D eigenvalue weighted by molar-refractivity contribution is 9.10. The van der Waals surface area contributed by atoms with Crippen molar-refractivity contribution in [2.75, 3.05) is 37.0 Å². The van der Waals surface area contributed by atoms with Gasteiger partial charge in [-0.1, -0.05) is 41.6 Å². The Kier molecular flexibility index (Phi) is 15.6. The molecule has 0 spiro atoms. The summed E-state index contributed by atoms with van der Waals surface area (Å²) in [7, 11) is 3.41. The van der Waals surface area contributed by atoms with Gasteiger partial charge in [-0.2, -0.15) is 25.9 Å². The average Bonchev–Trinajstić information content (AvgIpc) is 3.84. The van der Waals surface area contributed by atoms with Gasteiger partial charge in [-0.05, 0) is 117 Å². The molecule has 0 bridgehead atoms. The second-order valence-corrected chi connectivity index (χ2v) is 15.7. The van der Waals surface area contributed by atoms with E-state index < -0.39 is 5.41 Å². The molecule has 8 N–H and O–H groups in total. The van der Waals surface area contributed by atoms with E-state index in [1.165, 1.54) is 4.90 Å². The smallest absolute Gasteiger partial charge is 0.261 e. The Morgan fingerprint density at radius 2 is 1.40 bits per heavy atom. The third-order valence-corrected chi connectivity index (χ3v) is 10.5. The first kappa shape index (κ1) is 46.3. The molecule has 20 heteroatoms. The molecule has 8 rings (SSSR count). The highest BCUT2D eigenvalue weighted by Gasteiger charge is 2.47. The number of likely N-dealkylation sites (N-methyl/N-ethyl adjacent to an activating group) is 1. The second-order valence-electron chi connectivity index (χ2n) is 14.1. The number of pyridine rings is 4. The van der Waals surface area contributed by atoms with Crippen LogP contribution in [0.15, 0.2) is 111 Å². The van der Waals surface area contributed by atoms with E-state index in [0.717, 1.165) is 34.1 Å². The molecular formula is C43H40Br2N16O2. The van der Waals surface area contributed by atoms with Gasteiger partial charge in [0, 0.05) is 25.9 Å². The van der Waals surface area contributed by atoms with E-state index in [9.17, 15) is 10.1 Å². The largest absolute Gasteiger partial charge is 0.384 e. The molecule has 318 valence electrons. The Bertz CT molecular complexity index is 2800. The summed E-state index contributed by atoms with van der Waals surface area (Å²) in [5, 5.41) is 34.8. The van der Waals surface area contributed by atoms with Crippen LogP contribution in [0.4, 0.5) is 23.3 Å². The summed E-state index contributed by atoms with van der Waals surface area (Å²) in [6, 6.07) is 31.1. The Morgan fingerprint density at radius 1 is 0.778 bits per heavy atom. The number of halogens is 2. The molecule has 1 unspecified atom stereocenters. The molecule has 1 aromatic carbocycles. The van der Waals surface area contributed by atoms with Crippen LogP contribution in [-0.4, -0.2) is 64.8 Å². The number of aromatic nitrogens is 8. The van der Waals surface area contributed by atoms with Gasteiger partial charge >= 0.3 is 0 Å². The van der Waals surface area contributed by atoms with Crippen LogP contribution in [0.25, 0.3) is 22.6 Å². The lowest BCUT2D eigenvalue weighted by Gasteiger charge is -2.27. The number of benzene rings is 1. The van der Waals surface area contributed by atoms with Gasteiger partial charge < -0.3 is 32.4 Å². The van der Waals surface area contributed by atoms with Gasteiger partial charge in [-0.25, -0.2) is 19.9 Å². The van der Waals surface area contributed by atoms with Crippen LogP contribution >= 0.6 is 31.9 Å². The molecule has 63 heavy (non-hydrogen) atoms. The summed E-state index contributed by atoms with van der Waals surface area (Å²) in [5.74, 6) is 2.91. The van der Waals surface area contributed by atoms with Crippen molar-refractivity contribution in [2.45, 2.75) is 31.7 Å². The molecule has 1 fully saturated rings. The highest BCUT2D eigenvalue weighted by Crippen LogP contribution is 2.50. The van der Waals surface area contributed by atoms with Gasteiger partial charge in [0.25, 0.3) is 5.89 Å². The van der Waals surface area contributed by atoms with Gasteiger partial charge in [-0.15, -0.1) is 0 Å². The van der Waals surface area contributed by atoms with E-state index in [1.807, 2.05) is 54.6 Å². The first-order chi connectivity index (χ1) is 30.1. The number of nitriles is 3. The fourth-order valence-electron chi connectivity index (χ4n) is 5.86. The molecule has 0 radical (unpaired) electrons. The minimum atomic E-state index is -0.436. The lowest BCUT2D eigenvalue weighted by atomic mass is 9.76. The fourth-order valence-corrected chi connectivity index (χ4v) is 6.53. The summed E-state index contributed by atoms with van der Waals surface area (Å²) in [5.41, 5.74) is 25.5. The van der Waals surface area contributed by atoms with Gasteiger partial charge in [0.05, 0.1) is 21.6 Å². The minimum Gasteiger partial charge on any atom is -0.384 e. The average molecular weight is 973 g/mol. The maximum Gasteiger partial charge on any atom is 0.261 e. The molecule has 1 amide bonds. The number of amides is 1. The number of carbonyl (C=O) groups excluding carboxylic acids is 1. The minimum absolute atomic E-state index is 0.0581. The number of carbonyl (C=O) groups is 1. The Labute approximate surface area is 379 Å². The summed E-state index contributed by atoms with van der Waals surface area (Å²) < 4.78 is 8.63. The maximum atomic E-state index is 12.0. The van der Waals surface area contributed by atoms with Crippen molar-refractivity contribution in [1.29, 1.82) is 15.8 Å². The quantitative estimate of drug-likeness (QED) is 0.124. The molecule has 6 heterocycles. The van der Waals surface area contributed by atoms with Crippen LogP contribution in [0.1, 0.15) is 48.2 Å². The van der Waals surface area contributed by atoms with E-state index in [-0.39, 0.29) is 12.5 Å². The monoisotopic (exact) mass is 970 g/mol. The van der Waals surface area contributed by atoms with Crippen molar-refractivity contribution < 1.29 is 9.32 Å². The molecule has 18 nitrogen and oxygen atoms in total. The van der Waals surface area contributed by atoms with Crippen molar-refractivity contribution in [3.05, 3.63) is 135 Å². The molecule has 1 aliphatic rings. The number of nitrogens with zero attached hydrogens (tertiary/aromatic N) is 12. The predicted octanol–water partition coefficient (Wildman–Crippen LogP) is 6.51. The first-order valence-corrected chi connectivity index (χ1v) is 20.4. The lowest BCUT2D eigenvalue weighted by molar-refractivity contribution is -0.129. The number of anilines is 4. The van der Waals surface area contributed by atoms with Crippen LogP contribution < -0.4 is 22.9 Å². The van der Waals surface area contributed by atoms with Gasteiger partial charge in [0.2, 0.25) is 5.91 Å². The molecular weight excluding hydrogens is 932 g/mol. The second kappa shape index (κ2) is 21.2. The Morgan fingerprint density at radius 3 is 1.94 bits per heavy atom. The lowest BCUT2D eigenvalue weighted by Crippen LogP contribution is -2.28. The molecule has 1 atom stereocenters. The zero-order valence-corrected chi connectivity index (χ0v) is 37.4. The van der Waals surface area contributed by atoms with Crippen molar-refractivity contribution in [1.82, 2.24) is 44.8 Å². The van der Waals surface area contributed by atoms with E-state index >= 15 is 0 Å². The molecule has 7 aromatic rings. The summed E-state index contributed by atoms with van der Waals surface area (Å²) in [6.07, 6.45) is 5.51. The van der Waals surface area contributed by atoms with E-state index in [0.29, 0.717) is 68.0 Å². The van der Waals surface area contributed by atoms with Crippen LogP contribution in [0.3, 0.4) is 0 Å². The van der Waals surface area contributed by atoms with Gasteiger partial charge in [-0.3, -0.25) is 9.48 Å². The fraction of sp³-hybridized carbons (Fsp3) is 0.186. The molecule has 0 saturated heterocycles. The van der Waals surface area contributed by atoms with Crippen LogP contribution in [0.2, 0.25) is 0 Å². The third kappa shape index (κ3) is 12.4. The third-order valence-electron chi connectivity index (χ3n) is 9.37. The van der Waals surface area contributed by atoms with Gasteiger partial charge in [0.1, 0.15) is 58.3 Å². The van der Waals surface area contributed by atoms with Crippen molar-refractivity contribution in [2.24, 2.45) is 5.92 Å². The number of hydrogen-bond acceptors (Lipinski definition) is 16. The molecule has 1 saturated carbocycles. The zero-order chi connectivity index (χ0) is 45.7. The SMILES string of the molecule is CN(C)C(=O)Cn1cc(-c2nc(C(C)(c3ccc(-c4ccc(N)nc4C#N)cc3)C3CC3)no2)cn1.N#Cc1cccc(N)n1.N#Cc1nc(N)ccc1Br.Nc1cccc(Br)n1. The number of rotatable bonds is 7. The number of nitrogen functional groups attached to an aromatic ring is 4. The maximum absolute atomic E-state index is 12.0. The van der Waals surface area contributed by atoms with Crippen molar-refractivity contribution >= 4 is 61.0 Å². The molecule has 0 aliphatic heterocycles. The summed E-state index contributed by atoms with van der Waals surface area (Å²) in [4.78, 5) is 33.7. The van der Waals surface area contributed by atoms with Crippen LogP contribution in [-0.2, 0) is 16.8 Å². The standard InChI is InChI=1S/C26H26N8O2.C6H4BrN3.C6H5N3.C5H5BrN2/c1-26(19-8-9-19,18-6-4-16(5-7-18)20-10-11-22(28)30-21(20)12-27)25-31-24(36-32-25)17-13-29-34(14-17)15-23(35)33(2)3;7-4-1-2-6(9)10-5(4)3-8;7-4-5-2-1-3-6(8)9-5;6-4-2-1-3-5(7)8-4/h4-7,10-11,13-14,19H,8-9,15H2,1-3H3,(H2,28,30);1-2H,(H2,9,10);1-3H,(H2,8,9);1-3H,(H2,7,8). The summed E-state index contributed by atoms with van der Waals surface area (Å²) in [6.45, 7) is 2.27. The summed E-state index contributed by atoms with van der Waals surface area (Å²) >= 11 is 6.32. The molecule has 1 aliphatic carbocycles. The van der Waals surface area contributed by atoms with Crippen molar-refractivity contribution in [3.63, 3.8) is 0 Å². The number of hydrogen-bond donors (Lipinski definition) is 4. The van der Waals surface area contributed by atoms with Crippen molar-refractivity contribution in [3.8, 4) is 40.8 Å². The van der Waals surface area contributed by atoms with E-state index in [4.69, 9.17) is 43.0 Å². The van der Waals surface area contributed by atoms with E-state index in [1.54, 1.807) is 73.6 Å². The van der Waals surface area contributed by atoms with Crippen LogP contribution in [0.5, 0.6) is 0 Å². The van der Waals surface area contributed by atoms with Gasteiger partial charge in [0.15, 0.2) is 17.2 Å². The van der Waals surface area contributed by atoms with Crippen LogP contribution in [0, 0.1) is 39.9 Å². The number of nitrogens with two attached hydrogens (primary N) is 4. The Hall–Kier alpha value is -7.73. The van der Waals surface area contributed by atoms with E-state index in [2.05, 4.69) is 75.0 Å². The highest BCUT2D eigenvalue weighted by atomic mass is 79.9. The molecule has 6 aromatic heterocycles. The topological polar surface area (TPSA) is 304 Å². The first-order valence-electron chi connectivity index (χ1n) is 18.8. The zero-order valence-electron chi connectivity index (χ0n) is 34.2. The predicted molar refractivity (Wildman–Crippen MR) is 243 cm³/mol. The normalized spacial score (nSPS) is 12.2.